The topological polar surface area (TPSA) is 75.7 Å². The molecule has 0 bridgehead atoms. The number of benzene rings is 3. The number of hydrogen-bond donors (Lipinski definition) is 1. The van der Waals surface area contributed by atoms with Gasteiger partial charge in [-0.05, 0) is 19.2 Å². The van der Waals surface area contributed by atoms with Crippen LogP contribution >= 0.6 is 0 Å². The molecule has 0 aromatic heterocycles. The van der Waals surface area contributed by atoms with Crippen LogP contribution in [0.3, 0.4) is 0 Å². The maximum absolute atomic E-state index is 13.1. The molecule has 0 spiro atoms. The van der Waals surface area contributed by atoms with Crippen LogP contribution in [0.15, 0.2) is 66.7 Å². The first-order valence-electron chi connectivity index (χ1n) is 10.3. The molecule has 0 aliphatic heterocycles. The van der Waals surface area contributed by atoms with Gasteiger partial charge in [0.25, 0.3) is 0 Å². The van der Waals surface area contributed by atoms with E-state index in [0.717, 1.165) is 0 Å². The Bertz CT molecular complexity index is 1290. The second kappa shape index (κ2) is 9.11. The number of ether oxygens (including phenoxy) is 1. The van der Waals surface area contributed by atoms with Crippen molar-refractivity contribution in [2.24, 2.45) is 0 Å². The van der Waals surface area contributed by atoms with E-state index in [4.69, 9.17) is 0 Å². The third-order valence-corrected chi connectivity index (χ3v) is 5.28. The monoisotopic (exact) mass is 468 g/mol. The number of hydrogen-bond acceptors (Lipinski definition) is 5. The molecule has 0 fully saturated rings. The lowest BCUT2D eigenvalue weighted by molar-refractivity contribution is -0.275. The Morgan fingerprint density at radius 2 is 1.50 bits per heavy atom. The summed E-state index contributed by atoms with van der Waals surface area (Å²) >= 11 is 0. The van der Waals surface area contributed by atoms with Crippen molar-refractivity contribution in [3.63, 3.8) is 0 Å². The van der Waals surface area contributed by atoms with E-state index in [-0.39, 0.29) is 58.3 Å². The van der Waals surface area contributed by atoms with Crippen LogP contribution < -0.4 is 10.1 Å². The SMILES string of the molecule is CN(CC(=O)Nc1cccc2c1C(=O)c1ccccc1C2=O)Cc1ccccc1OC(F)(F)F. The second-order valence-electron chi connectivity index (χ2n) is 7.81. The quantitative estimate of drug-likeness (QED) is 0.453. The Labute approximate surface area is 192 Å². The van der Waals surface area contributed by atoms with Crippen LogP contribution in [0.5, 0.6) is 5.75 Å². The molecule has 1 N–H and O–H groups in total. The molecule has 0 saturated carbocycles. The zero-order chi connectivity index (χ0) is 24.5. The summed E-state index contributed by atoms with van der Waals surface area (Å²) in [4.78, 5) is 40.1. The Morgan fingerprint density at radius 1 is 0.882 bits per heavy atom. The number of nitrogens with zero attached hydrogens (tertiary/aromatic N) is 1. The third kappa shape index (κ3) is 4.84. The van der Waals surface area contributed by atoms with Crippen LogP contribution in [-0.4, -0.2) is 42.3 Å². The highest BCUT2D eigenvalue weighted by atomic mass is 19.4. The third-order valence-electron chi connectivity index (χ3n) is 5.28. The van der Waals surface area contributed by atoms with Crippen LogP contribution in [0.1, 0.15) is 37.4 Å². The minimum Gasteiger partial charge on any atom is -0.405 e. The minimum atomic E-state index is -4.83. The van der Waals surface area contributed by atoms with Crippen molar-refractivity contribution in [1.29, 1.82) is 0 Å². The largest absolute Gasteiger partial charge is 0.573 e. The number of halogens is 3. The smallest absolute Gasteiger partial charge is 0.405 e. The van der Waals surface area contributed by atoms with Crippen molar-refractivity contribution < 1.29 is 32.3 Å². The van der Waals surface area contributed by atoms with Crippen LogP contribution in [0.2, 0.25) is 0 Å². The molecule has 4 rings (SSSR count). The zero-order valence-corrected chi connectivity index (χ0v) is 18.0. The summed E-state index contributed by atoms with van der Waals surface area (Å²) in [7, 11) is 1.56. The van der Waals surface area contributed by atoms with Crippen molar-refractivity contribution in [3.05, 3.63) is 94.5 Å². The molecule has 174 valence electrons. The standard InChI is InChI=1S/C25H19F3N2O4/c1-30(13-15-7-2-5-12-20(15)34-25(26,27)28)14-21(31)29-19-11-6-10-18-22(19)24(33)17-9-4-3-8-16(17)23(18)32/h2-12H,13-14H2,1H3,(H,29,31). The molecule has 0 heterocycles. The number of rotatable bonds is 6. The van der Waals surface area contributed by atoms with E-state index >= 15 is 0 Å². The van der Waals surface area contributed by atoms with Crippen molar-refractivity contribution >= 4 is 23.2 Å². The number of alkyl halides is 3. The number of para-hydroxylation sites is 1. The minimum absolute atomic E-state index is 0.0113. The Balaban J connectivity index is 1.49. The molecule has 0 radical (unpaired) electrons. The van der Waals surface area contributed by atoms with Crippen LogP contribution in [0.25, 0.3) is 0 Å². The number of anilines is 1. The number of carbonyl (C=O) groups excluding carboxylic acids is 3. The van der Waals surface area contributed by atoms with Gasteiger partial charge in [-0.3, -0.25) is 19.3 Å². The molecule has 6 nitrogen and oxygen atoms in total. The molecule has 3 aromatic rings. The van der Waals surface area contributed by atoms with Gasteiger partial charge in [0.05, 0.1) is 17.8 Å². The fourth-order valence-electron chi connectivity index (χ4n) is 3.89. The van der Waals surface area contributed by atoms with Gasteiger partial charge in [0.15, 0.2) is 11.6 Å². The normalized spacial score (nSPS) is 12.9. The fraction of sp³-hybridized carbons (Fsp3) is 0.160. The Hall–Kier alpha value is -3.98. The molecular formula is C25H19F3N2O4. The molecule has 1 aliphatic carbocycles. The van der Waals surface area contributed by atoms with Crippen LogP contribution in [0.4, 0.5) is 18.9 Å². The molecule has 0 unspecified atom stereocenters. The lowest BCUT2D eigenvalue weighted by atomic mass is 9.83. The average molecular weight is 468 g/mol. The summed E-state index contributed by atoms with van der Waals surface area (Å²) in [5, 5.41) is 2.66. The van der Waals surface area contributed by atoms with Gasteiger partial charge >= 0.3 is 6.36 Å². The van der Waals surface area contributed by atoms with Gasteiger partial charge in [0.1, 0.15) is 5.75 Å². The van der Waals surface area contributed by atoms with E-state index in [9.17, 15) is 27.6 Å². The average Bonchev–Trinajstić information content (AvgIpc) is 2.77. The van der Waals surface area contributed by atoms with E-state index in [1.54, 1.807) is 43.4 Å². The van der Waals surface area contributed by atoms with Gasteiger partial charge in [0, 0.05) is 28.8 Å². The predicted molar refractivity (Wildman–Crippen MR) is 118 cm³/mol. The molecular weight excluding hydrogens is 449 g/mol. The van der Waals surface area contributed by atoms with E-state index < -0.39 is 12.3 Å². The number of amides is 1. The number of nitrogens with one attached hydrogen (secondary N) is 1. The van der Waals surface area contributed by atoms with Gasteiger partial charge in [-0.25, -0.2) is 0 Å². The van der Waals surface area contributed by atoms with E-state index in [1.165, 1.54) is 35.2 Å². The van der Waals surface area contributed by atoms with Gasteiger partial charge < -0.3 is 10.1 Å². The summed E-state index contributed by atoms with van der Waals surface area (Å²) in [5.74, 6) is -1.52. The van der Waals surface area contributed by atoms with Gasteiger partial charge in [0.2, 0.25) is 5.91 Å². The lowest BCUT2D eigenvalue weighted by Crippen LogP contribution is -2.31. The van der Waals surface area contributed by atoms with Crippen molar-refractivity contribution in [2.45, 2.75) is 12.9 Å². The summed E-state index contributed by atoms with van der Waals surface area (Å²) in [6.45, 7) is -0.167. The highest BCUT2D eigenvalue weighted by Crippen LogP contribution is 2.32. The molecule has 0 saturated heterocycles. The van der Waals surface area contributed by atoms with E-state index in [2.05, 4.69) is 10.1 Å². The molecule has 3 aromatic carbocycles. The highest BCUT2D eigenvalue weighted by molar-refractivity contribution is 6.30. The molecule has 34 heavy (non-hydrogen) atoms. The first-order chi connectivity index (χ1) is 16.1. The summed E-state index contributed by atoms with van der Waals surface area (Å²) in [5.41, 5.74) is 1.34. The highest BCUT2D eigenvalue weighted by Gasteiger charge is 2.33. The summed E-state index contributed by atoms with van der Waals surface area (Å²) < 4.78 is 42.0. The first-order valence-corrected chi connectivity index (χ1v) is 10.3. The summed E-state index contributed by atoms with van der Waals surface area (Å²) in [6.07, 6.45) is -4.83. The lowest BCUT2D eigenvalue weighted by Gasteiger charge is -2.22. The molecule has 1 aliphatic rings. The number of ketones is 2. The number of fused-ring (bicyclic) bond motifs is 2. The number of likely N-dealkylation sites (N-methyl/N-ethyl adjacent to an activating group) is 1. The predicted octanol–water partition coefficient (Wildman–Crippen LogP) is 4.43. The maximum Gasteiger partial charge on any atom is 0.573 e. The summed E-state index contributed by atoms with van der Waals surface area (Å²) in [6, 6.07) is 16.8. The molecule has 9 heteroatoms. The van der Waals surface area contributed by atoms with Crippen molar-refractivity contribution in [3.8, 4) is 5.75 Å². The Morgan fingerprint density at radius 3 is 2.21 bits per heavy atom. The first kappa shape index (κ1) is 23.2. The second-order valence-corrected chi connectivity index (χ2v) is 7.81. The van der Waals surface area contributed by atoms with E-state index in [1.807, 2.05) is 0 Å². The molecule has 0 atom stereocenters. The Kier molecular flexibility index (Phi) is 6.21. The fourth-order valence-corrected chi connectivity index (χ4v) is 3.89. The van der Waals surface area contributed by atoms with Crippen LogP contribution in [0, 0.1) is 0 Å². The van der Waals surface area contributed by atoms with Gasteiger partial charge in [-0.2, -0.15) is 0 Å². The molecule has 1 amide bonds. The van der Waals surface area contributed by atoms with Gasteiger partial charge in [-0.15, -0.1) is 13.2 Å². The van der Waals surface area contributed by atoms with Crippen LogP contribution in [-0.2, 0) is 11.3 Å². The van der Waals surface area contributed by atoms with Crippen molar-refractivity contribution in [1.82, 2.24) is 4.90 Å². The zero-order valence-electron chi connectivity index (χ0n) is 18.0. The van der Waals surface area contributed by atoms with Gasteiger partial charge in [-0.1, -0.05) is 54.6 Å². The maximum atomic E-state index is 13.1. The van der Waals surface area contributed by atoms with Crippen molar-refractivity contribution in [2.75, 3.05) is 18.9 Å². The number of carbonyl (C=O) groups is 3. The van der Waals surface area contributed by atoms with E-state index in [0.29, 0.717) is 5.56 Å².